The summed E-state index contributed by atoms with van der Waals surface area (Å²) in [6, 6.07) is 4.14. The van der Waals surface area contributed by atoms with E-state index in [-0.39, 0.29) is 0 Å². The zero-order valence-electron chi connectivity index (χ0n) is 11.1. The Hall–Kier alpha value is -2.37. The predicted octanol–water partition coefficient (Wildman–Crippen LogP) is 1.19. The molecule has 1 aliphatic rings. The Bertz CT molecular complexity index is 540. The van der Waals surface area contributed by atoms with Crippen molar-refractivity contribution in [2.75, 3.05) is 18.4 Å². The molecule has 1 aromatic heterocycles. The van der Waals surface area contributed by atoms with Gasteiger partial charge >= 0.3 is 5.97 Å². The molecule has 0 unspecified atom stereocenters. The van der Waals surface area contributed by atoms with Crippen LogP contribution >= 0.6 is 0 Å². The van der Waals surface area contributed by atoms with Gasteiger partial charge in [-0.25, -0.2) is 9.78 Å². The summed E-state index contributed by atoms with van der Waals surface area (Å²) >= 11 is 0. The molecule has 0 amide bonds. The average molecular weight is 274 g/mol. The molecule has 0 bridgehead atoms. The highest BCUT2D eigenvalue weighted by atomic mass is 16.4. The number of hydrogen-bond donors (Lipinski definition) is 4. The maximum Gasteiger partial charge on any atom is 0.353 e. The van der Waals surface area contributed by atoms with Crippen LogP contribution in [0.25, 0.3) is 0 Å². The van der Waals surface area contributed by atoms with Crippen molar-refractivity contribution in [1.29, 1.82) is 5.41 Å². The first kappa shape index (κ1) is 14.0. The number of rotatable bonds is 6. The minimum atomic E-state index is -1.23. The summed E-state index contributed by atoms with van der Waals surface area (Å²) in [4.78, 5) is 15.0. The quantitative estimate of drug-likeness (QED) is 0.461. The first-order valence-electron chi connectivity index (χ1n) is 6.61. The van der Waals surface area contributed by atoms with E-state index >= 15 is 0 Å². The van der Waals surface area contributed by atoms with E-state index in [0.29, 0.717) is 6.54 Å². The molecule has 1 aliphatic heterocycles. The molecule has 6 nitrogen and oxygen atoms in total. The molecular weight excluding hydrogens is 256 g/mol. The van der Waals surface area contributed by atoms with Crippen molar-refractivity contribution in [3.8, 4) is 0 Å². The fourth-order valence-corrected chi connectivity index (χ4v) is 2.01. The van der Waals surface area contributed by atoms with E-state index in [9.17, 15) is 4.79 Å². The van der Waals surface area contributed by atoms with Gasteiger partial charge in [-0.2, -0.15) is 0 Å². The van der Waals surface area contributed by atoms with E-state index < -0.39 is 11.7 Å². The van der Waals surface area contributed by atoms with Gasteiger partial charge in [0.2, 0.25) is 0 Å². The van der Waals surface area contributed by atoms with Gasteiger partial charge in [0, 0.05) is 25.2 Å². The molecule has 2 rings (SSSR count). The lowest BCUT2D eigenvalue weighted by molar-refractivity contribution is -0.129. The Balaban J connectivity index is 1.80. The van der Waals surface area contributed by atoms with Crippen LogP contribution in [0.2, 0.25) is 0 Å². The van der Waals surface area contributed by atoms with Crippen LogP contribution in [-0.2, 0) is 17.6 Å². The fourth-order valence-electron chi connectivity index (χ4n) is 2.01. The molecule has 6 heteroatoms. The first-order chi connectivity index (χ1) is 9.66. The van der Waals surface area contributed by atoms with Crippen molar-refractivity contribution in [2.24, 2.45) is 0 Å². The Morgan fingerprint density at radius 3 is 3.20 bits per heavy atom. The smallest absolute Gasteiger partial charge is 0.353 e. The molecule has 106 valence electrons. The highest BCUT2D eigenvalue weighted by Crippen LogP contribution is 2.19. The number of hydrogen-bond acceptors (Lipinski definition) is 5. The maximum atomic E-state index is 10.4. The number of nitrogens with one attached hydrogen (secondary N) is 3. The van der Waals surface area contributed by atoms with E-state index in [2.05, 4.69) is 21.7 Å². The highest BCUT2D eigenvalue weighted by Gasteiger charge is 2.09. The maximum absolute atomic E-state index is 10.4. The predicted molar refractivity (Wildman–Crippen MR) is 77.3 cm³/mol. The first-order valence-corrected chi connectivity index (χ1v) is 6.61. The van der Waals surface area contributed by atoms with Gasteiger partial charge in [-0.05, 0) is 36.7 Å². The fraction of sp³-hybridized carbons (Fsp3) is 0.357. The Labute approximate surface area is 117 Å². The van der Waals surface area contributed by atoms with Gasteiger partial charge in [-0.3, -0.25) is 5.41 Å². The summed E-state index contributed by atoms with van der Waals surface area (Å²) < 4.78 is 0. The minimum absolute atomic E-state index is 0.436. The van der Waals surface area contributed by atoms with Crippen molar-refractivity contribution in [3.63, 3.8) is 0 Å². The number of aromatic nitrogens is 1. The molecule has 4 N–H and O–H groups in total. The largest absolute Gasteiger partial charge is 0.477 e. The van der Waals surface area contributed by atoms with Crippen LogP contribution in [0.15, 0.2) is 24.4 Å². The molecule has 0 aromatic carbocycles. The molecule has 0 saturated heterocycles. The summed E-state index contributed by atoms with van der Waals surface area (Å²) in [5.41, 5.74) is 1.82. The Morgan fingerprint density at radius 2 is 2.40 bits per heavy atom. The van der Waals surface area contributed by atoms with Gasteiger partial charge < -0.3 is 15.7 Å². The van der Waals surface area contributed by atoms with Crippen LogP contribution < -0.4 is 10.6 Å². The van der Waals surface area contributed by atoms with Gasteiger partial charge in [0.05, 0.1) is 0 Å². The molecule has 0 fully saturated rings. The van der Waals surface area contributed by atoms with Crippen LogP contribution in [0.5, 0.6) is 0 Å². The van der Waals surface area contributed by atoms with E-state index in [0.717, 1.165) is 37.3 Å². The number of fused-ring (bicyclic) bond motifs is 1. The number of anilines is 1. The third-order valence-corrected chi connectivity index (χ3v) is 3.08. The number of carboxylic acids is 1. The third kappa shape index (κ3) is 3.81. The van der Waals surface area contributed by atoms with Gasteiger partial charge in [0.15, 0.2) is 0 Å². The van der Waals surface area contributed by atoms with Crippen molar-refractivity contribution >= 4 is 17.5 Å². The van der Waals surface area contributed by atoms with Crippen LogP contribution in [0.4, 0.5) is 5.82 Å². The van der Waals surface area contributed by atoms with E-state index in [4.69, 9.17) is 10.5 Å². The average Bonchev–Trinajstić information content (AvgIpc) is 2.46. The topological polar surface area (TPSA) is 98.1 Å². The second kappa shape index (κ2) is 6.70. The number of carbonyl (C=O) groups is 1. The Morgan fingerprint density at radius 1 is 1.55 bits per heavy atom. The summed E-state index contributed by atoms with van der Waals surface area (Å²) in [5.74, 6) is -0.248. The summed E-state index contributed by atoms with van der Waals surface area (Å²) in [5, 5.41) is 21.9. The second-order valence-electron chi connectivity index (χ2n) is 4.60. The van der Waals surface area contributed by atoms with E-state index in [1.54, 1.807) is 0 Å². The summed E-state index contributed by atoms with van der Waals surface area (Å²) in [6.45, 7) is 1.62. The minimum Gasteiger partial charge on any atom is -0.477 e. The molecule has 0 radical (unpaired) electrons. The van der Waals surface area contributed by atoms with Crippen molar-refractivity contribution in [3.05, 3.63) is 35.7 Å². The van der Waals surface area contributed by atoms with Crippen LogP contribution in [0.1, 0.15) is 17.7 Å². The zero-order valence-corrected chi connectivity index (χ0v) is 11.1. The van der Waals surface area contributed by atoms with Gasteiger partial charge in [0.25, 0.3) is 0 Å². The highest BCUT2D eigenvalue weighted by molar-refractivity contribution is 6.38. The number of nitrogens with zero attached hydrogens (tertiary/aromatic N) is 1. The van der Waals surface area contributed by atoms with E-state index in [1.807, 2.05) is 6.07 Å². The van der Waals surface area contributed by atoms with Crippen molar-refractivity contribution in [2.45, 2.75) is 19.3 Å². The number of aliphatic carboxylic acids is 1. The third-order valence-electron chi connectivity index (χ3n) is 3.08. The molecule has 1 aromatic rings. The normalized spacial score (nSPS) is 13.6. The molecular formula is C14H18N4O2. The molecule has 20 heavy (non-hydrogen) atoms. The van der Waals surface area contributed by atoms with E-state index in [1.165, 1.54) is 17.8 Å². The molecule has 2 heterocycles. The van der Waals surface area contributed by atoms with Gasteiger partial charge in [0.1, 0.15) is 11.5 Å². The van der Waals surface area contributed by atoms with Crippen molar-refractivity contribution < 1.29 is 9.90 Å². The van der Waals surface area contributed by atoms with Crippen LogP contribution in [-0.4, -0.2) is 34.9 Å². The molecule has 0 atom stereocenters. The summed E-state index contributed by atoms with van der Waals surface area (Å²) in [6.07, 6.45) is 5.68. The van der Waals surface area contributed by atoms with Crippen molar-refractivity contribution in [1.82, 2.24) is 10.3 Å². The van der Waals surface area contributed by atoms with Crippen LogP contribution in [0.3, 0.4) is 0 Å². The zero-order chi connectivity index (χ0) is 14.4. The molecule has 0 saturated carbocycles. The second-order valence-corrected chi connectivity index (χ2v) is 4.60. The number of aryl methyl sites for hydroxylation is 1. The summed E-state index contributed by atoms with van der Waals surface area (Å²) in [7, 11) is 0. The van der Waals surface area contributed by atoms with Crippen LogP contribution in [0, 0.1) is 5.41 Å². The lowest BCUT2D eigenvalue weighted by atomic mass is 10.1. The standard InChI is InChI=1S/C14H18N4O2/c15-12(14(19)20)6-9-16-8-5-11-4-3-10-2-1-7-17-13(10)18-11/h3-4,6,9,15-16H,1-2,5,7-8H2,(H,17,18)(H,19,20)/b9-6-,15-12?. The SMILES string of the molecule is N=C(/C=C\NCCc1ccc2c(n1)NCCC2)C(=O)O. The number of carboxylic acid groups (broad SMARTS) is 1. The Kier molecular flexibility index (Phi) is 4.70. The lowest BCUT2D eigenvalue weighted by Crippen LogP contribution is -2.16. The lowest BCUT2D eigenvalue weighted by Gasteiger charge is -2.17. The monoisotopic (exact) mass is 274 g/mol. The van der Waals surface area contributed by atoms with Gasteiger partial charge in [-0.1, -0.05) is 6.07 Å². The van der Waals surface area contributed by atoms with Gasteiger partial charge in [-0.15, -0.1) is 0 Å². The molecule has 0 spiro atoms. The number of pyridine rings is 1. The molecule has 0 aliphatic carbocycles.